The average molecular weight is 265 g/mol. The van der Waals surface area contributed by atoms with Gasteiger partial charge in [0.25, 0.3) is 0 Å². The molecule has 0 heterocycles. The summed E-state index contributed by atoms with van der Waals surface area (Å²) in [6.07, 6.45) is 0. The van der Waals surface area contributed by atoms with Crippen molar-refractivity contribution in [1.82, 2.24) is 0 Å². The van der Waals surface area contributed by atoms with E-state index in [1.165, 1.54) is 0 Å². The predicted molar refractivity (Wildman–Crippen MR) is 81.4 cm³/mol. The van der Waals surface area contributed by atoms with Crippen molar-refractivity contribution in [3.8, 4) is 17.2 Å². The van der Waals surface area contributed by atoms with Crippen LogP contribution in [0.2, 0.25) is 0 Å². The number of benzene rings is 3. The highest BCUT2D eigenvalue weighted by Gasteiger charge is 2.05. The zero-order chi connectivity index (χ0) is 13.9. The maximum atomic E-state index is 5.95. The highest BCUT2D eigenvalue weighted by atomic mass is 16.5. The van der Waals surface area contributed by atoms with Crippen molar-refractivity contribution in [2.45, 2.75) is 0 Å². The summed E-state index contributed by atoms with van der Waals surface area (Å²) in [5.41, 5.74) is 6.40. The Bertz CT molecular complexity index is 748. The molecule has 0 spiro atoms. The fourth-order valence-corrected chi connectivity index (χ4v) is 2.17. The van der Waals surface area contributed by atoms with E-state index in [-0.39, 0.29) is 0 Å². The molecule has 0 atom stereocenters. The number of methoxy groups -OCH3 is 1. The second kappa shape index (κ2) is 5.13. The molecule has 0 aromatic heterocycles. The number of hydrogen-bond acceptors (Lipinski definition) is 3. The number of hydrogen-bond donors (Lipinski definition) is 1. The third-order valence-electron chi connectivity index (χ3n) is 3.18. The Hall–Kier alpha value is -2.68. The Morgan fingerprint density at radius 2 is 1.65 bits per heavy atom. The summed E-state index contributed by atoms with van der Waals surface area (Å²) in [7, 11) is 1.59. The minimum Gasteiger partial charge on any atom is -0.494 e. The van der Waals surface area contributed by atoms with Crippen LogP contribution in [0.25, 0.3) is 10.8 Å². The lowest BCUT2D eigenvalue weighted by atomic mass is 10.1. The maximum absolute atomic E-state index is 5.95. The first-order valence-electron chi connectivity index (χ1n) is 6.37. The van der Waals surface area contributed by atoms with Crippen LogP contribution in [0.15, 0.2) is 60.7 Å². The second-order valence-electron chi connectivity index (χ2n) is 4.48. The lowest BCUT2D eigenvalue weighted by molar-refractivity contribution is 0.411. The van der Waals surface area contributed by atoms with Crippen LogP contribution in [0.4, 0.5) is 5.69 Å². The molecule has 20 heavy (non-hydrogen) atoms. The van der Waals surface area contributed by atoms with Crippen LogP contribution >= 0.6 is 0 Å². The molecule has 2 N–H and O–H groups in total. The Labute approximate surface area is 117 Å². The van der Waals surface area contributed by atoms with Gasteiger partial charge in [0.1, 0.15) is 17.2 Å². The van der Waals surface area contributed by atoms with Gasteiger partial charge in [-0.15, -0.1) is 0 Å². The molecular formula is C17H15NO2. The fourth-order valence-electron chi connectivity index (χ4n) is 2.17. The highest BCUT2D eigenvalue weighted by molar-refractivity contribution is 5.88. The summed E-state index contributed by atoms with van der Waals surface area (Å²) in [5.74, 6) is 2.13. The Balaban J connectivity index is 2.01. The summed E-state index contributed by atoms with van der Waals surface area (Å²) in [6.45, 7) is 0. The van der Waals surface area contributed by atoms with Crippen molar-refractivity contribution >= 4 is 16.5 Å². The summed E-state index contributed by atoms with van der Waals surface area (Å²) in [5, 5.41) is 2.22. The van der Waals surface area contributed by atoms with Gasteiger partial charge in [-0.25, -0.2) is 0 Å². The second-order valence-corrected chi connectivity index (χ2v) is 4.48. The van der Waals surface area contributed by atoms with E-state index >= 15 is 0 Å². The van der Waals surface area contributed by atoms with Gasteiger partial charge in [0.2, 0.25) is 0 Å². The van der Waals surface area contributed by atoms with Crippen LogP contribution in [-0.2, 0) is 0 Å². The van der Waals surface area contributed by atoms with Gasteiger partial charge in [0, 0.05) is 11.5 Å². The third kappa shape index (κ3) is 2.26. The Morgan fingerprint density at radius 1 is 0.850 bits per heavy atom. The van der Waals surface area contributed by atoms with Crippen LogP contribution in [-0.4, -0.2) is 7.11 Å². The van der Waals surface area contributed by atoms with E-state index in [1.807, 2.05) is 36.4 Å². The Morgan fingerprint density at radius 3 is 2.50 bits per heavy atom. The maximum Gasteiger partial charge on any atom is 0.145 e. The van der Waals surface area contributed by atoms with Gasteiger partial charge in [-0.2, -0.15) is 0 Å². The van der Waals surface area contributed by atoms with Gasteiger partial charge in [-0.05, 0) is 23.6 Å². The molecule has 3 heteroatoms. The van der Waals surface area contributed by atoms with E-state index in [0.29, 0.717) is 17.2 Å². The standard InChI is InChI=1S/C17H15NO2/c1-19-17-11-13(9-10-15(17)18)20-16-8-4-6-12-5-2-3-7-14(12)16/h2-11H,18H2,1H3. The summed E-state index contributed by atoms with van der Waals surface area (Å²) in [4.78, 5) is 0. The molecule has 0 saturated heterocycles. The van der Waals surface area contributed by atoms with Crippen molar-refractivity contribution in [3.05, 3.63) is 60.7 Å². The predicted octanol–water partition coefficient (Wildman–Crippen LogP) is 4.22. The highest BCUT2D eigenvalue weighted by Crippen LogP contribution is 2.33. The van der Waals surface area contributed by atoms with Crippen LogP contribution < -0.4 is 15.2 Å². The minimum absolute atomic E-state index is 0.595. The molecule has 0 radical (unpaired) electrons. The lowest BCUT2D eigenvalue weighted by Crippen LogP contribution is -1.93. The van der Waals surface area contributed by atoms with Crippen LogP contribution in [0, 0.1) is 0 Å². The summed E-state index contributed by atoms with van der Waals surface area (Å²) < 4.78 is 11.2. The molecule has 0 saturated carbocycles. The molecule has 0 unspecified atom stereocenters. The van der Waals surface area contributed by atoms with E-state index < -0.39 is 0 Å². The molecular weight excluding hydrogens is 250 g/mol. The minimum atomic E-state index is 0.595. The average Bonchev–Trinajstić information content (AvgIpc) is 2.49. The SMILES string of the molecule is COc1cc(Oc2cccc3ccccc23)ccc1N. The van der Waals surface area contributed by atoms with Gasteiger partial charge < -0.3 is 15.2 Å². The van der Waals surface area contributed by atoms with Crippen LogP contribution in [0.3, 0.4) is 0 Å². The summed E-state index contributed by atoms with van der Waals surface area (Å²) >= 11 is 0. The van der Waals surface area contributed by atoms with Crippen molar-refractivity contribution in [2.24, 2.45) is 0 Å². The van der Waals surface area contributed by atoms with Crippen molar-refractivity contribution in [2.75, 3.05) is 12.8 Å². The van der Waals surface area contributed by atoms with Gasteiger partial charge in [-0.1, -0.05) is 36.4 Å². The Kier molecular flexibility index (Phi) is 3.17. The zero-order valence-corrected chi connectivity index (χ0v) is 11.2. The van der Waals surface area contributed by atoms with E-state index in [0.717, 1.165) is 16.5 Å². The molecule has 0 amide bonds. The van der Waals surface area contributed by atoms with E-state index in [2.05, 4.69) is 12.1 Å². The smallest absolute Gasteiger partial charge is 0.145 e. The first kappa shape index (κ1) is 12.4. The molecule has 3 aromatic carbocycles. The quantitative estimate of drug-likeness (QED) is 0.721. The first-order valence-corrected chi connectivity index (χ1v) is 6.37. The molecule has 3 rings (SSSR count). The largest absolute Gasteiger partial charge is 0.494 e. The monoisotopic (exact) mass is 265 g/mol. The van der Waals surface area contributed by atoms with Crippen molar-refractivity contribution in [3.63, 3.8) is 0 Å². The van der Waals surface area contributed by atoms with Crippen LogP contribution in [0.1, 0.15) is 0 Å². The van der Waals surface area contributed by atoms with Gasteiger partial charge >= 0.3 is 0 Å². The van der Waals surface area contributed by atoms with Crippen LogP contribution in [0.5, 0.6) is 17.2 Å². The number of nitrogens with two attached hydrogens (primary N) is 1. The molecule has 0 aliphatic heterocycles. The van der Waals surface area contributed by atoms with E-state index in [4.69, 9.17) is 15.2 Å². The topological polar surface area (TPSA) is 44.5 Å². The normalized spacial score (nSPS) is 10.4. The molecule has 3 aromatic rings. The molecule has 0 fully saturated rings. The number of fused-ring (bicyclic) bond motifs is 1. The summed E-state index contributed by atoms with van der Waals surface area (Å²) in [6, 6.07) is 19.5. The van der Waals surface area contributed by atoms with Gasteiger partial charge in [-0.3, -0.25) is 0 Å². The van der Waals surface area contributed by atoms with Crippen molar-refractivity contribution < 1.29 is 9.47 Å². The van der Waals surface area contributed by atoms with Gasteiger partial charge in [0.15, 0.2) is 0 Å². The number of rotatable bonds is 3. The third-order valence-corrected chi connectivity index (χ3v) is 3.18. The molecule has 100 valence electrons. The van der Waals surface area contributed by atoms with Crippen molar-refractivity contribution in [1.29, 1.82) is 0 Å². The number of ether oxygens (including phenoxy) is 2. The molecule has 3 nitrogen and oxygen atoms in total. The number of anilines is 1. The van der Waals surface area contributed by atoms with Gasteiger partial charge in [0.05, 0.1) is 12.8 Å². The molecule has 0 aliphatic carbocycles. The zero-order valence-electron chi connectivity index (χ0n) is 11.2. The molecule has 0 aliphatic rings. The lowest BCUT2D eigenvalue weighted by Gasteiger charge is -2.11. The fraction of sp³-hybridized carbons (Fsp3) is 0.0588. The number of nitrogen functional groups attached to an aromatic ring is 1. The van der Waals surface area contributed by atoms with E-state index in [9.17, 15) is 0 Å². The first-order chi connectivity index (χ1) is 9.78. The van der Waals surface area contributed by atoms with E-state index in [1.54, 1.807) is 19.2 Å². The molecule has 0 bridgehead atoms.